The van der Waals surface area contributed by atoms with Crippen LogP contribution in [0.15, 0.2) is 42.5 Å². The molecule has 0 radical (unpaired) electrons. The largest absolute Gasteiger partial charge is 0.493 e. The van der Waals surface area contributed by atoms with E-state index in [0.29, 0.717) is 29.6 Å². The van der Waals surface area contributed by atoms with Gasteiger partial charge in [-0.2, -0.15) is 0 Å². The molecule has 0 atom stereocenters. The van der Waals surface area contributed by atoms with Gasteiger partial charge in [0.1, 0.15) is 5.75 Å². The van der Waals surface area contributed by atoms with E-state index in [1.165, 1.54) is 0 Å². The van der Waals surface area contributed by atoms with Crippen molar-refractivity contribution in [1.82, 2.24) is 5.32 Å². The van der Waals surface area contributed by atoms with Crippen molar-refractivity contribution in [2.24, 2.45) is 0 Å². The van der Waals surface area contributed by atoms with Crippen molar-refractivity contribution in [1.29, 1.82) is 0 Å². The maximum Gasteiger partial charge on any atom is 0.223 e. The second-order valence-electron chi connectivity index (χ2n) is 4.88. The molecule has 0 heterocycles. The lowest BCUT2D eigenvalue weighted by molar-refractivity contribution is -0.121. The van der Waals surface area contributed by atoms with Gasteiger partial charge in [0.25, 0.3) is 0 Å². The standard InChI is InChI=1S/C17H17Cl2NO2/c1-12-4-2-3-5-16(12)22-9-8-17(21)20-11-13-6-7-14(18)10-15(13)19/h2-7,10H,8-9,11H2,1H3,(H,20,21). The van der Waals surface area contributed by atoms with Crippen LogP contribution in [-0.4, -0.2) is 12.5 Å². The quantitative estimate of drug-likeness (QED) is 0.848. The molecule has 2 rings (SSSR count). The molecular formula is C17H17Cl2NO2. The first-order valence-corrected chi connectivity index (χ1v) is 7.71. The van der Waals surface area contributed by atoms with Crippen LogP contribution in [0.25, 0.3) is 0 Å². The number of para-hydroxylation sites is 1. The Morgan fingerprint density at radius 3 is 2.68 bits per heavy atom. The SMILES string of the molecule is Cc1ccccc1OCCC(=O)NCc1ccc(Cl)cc1Cl. The molecule has 3 nitrogen and oxygen atoms in total. The highest BCUT2D eigenvalue weighted by atomic mass is 35.5. The molecular weight excluding hydrogens is 321 g/mol. The second-order valence-corrected chi connectivity index (χ2v) is 5.72. The number of ether oxygens (including phenoxy) is 1. The molecule has 116 valence electrons. The minimum Gasteiger partial charge on any atom is -0.493 e. The van der Waals surface area contributed by atoms with E-state index in [2.05, 4.69) is 5.32 Å². The van der Waals surface area contributed by atoms with Gasteiger partial charge in [0.05, 0.1) is 13.0 Å². The number of aryl methyl sites for hydroxylation is 1. The van der Waals surface area contributed by atoms with Crippen LogP contribution in [0.2, 0.25) is 10.0 Å². The lowest BCUT2D eigenvalue weighted by Gasteiger charge is -2.10. The zero-order chi connectivity index (χ0) is 15.9. The maximum absolute atomic E-state index is 11.8. The molecule has 0 aliphatic carbocycles. The molecule has 2 aromatic rings. The van der Waals surface area contributed by atoms with Crippen molar-refractivity contribution in [3.63, 3.8) is 0 Å². The van der Waals surface area contributed by atoms with E-state index in [1.807, 2.05) is 31.2 Å². The van der Waals surface area contributed by atoms with Crippen LogP contribution in [-0.2, 0) is 11.3 Å². The molecule has 1 amide bonds. The number of rotatable bonds is 6. The molecule has 22 heavy (non-hydrogen) atoms. The van der Waals surface area contributed by atoms with Crippen LogP contribution in [0.5, 0.6) is 5.75 Å². The summed E-state index contributed by atoms with van der Waals surface area (Å²) >= 11 is 11.9. The lowest BCUT2D eigenvalue weighted by Crippen LogP contribution is -2.24. The Morgan fingerprint density at radius 2 is 1.95 bits per heavy atom. The summed E-state index contributed by atoms with van der Waals surface area (Å²) in [5, 5.41) is 3.93. The van der Waals surface area contributed by atoms with Gasteiger partial charge in [0, 0.05) is 16.6 Å². The van der Waals surface area contributed by atoms with Crippen LogP contribution in [0, 0.1) is 6.92 Å². The van der Waals surface area contributed by atoms with Gasteiger partial charge in [-0.25, -0.2) is 0 Å². The second kappa shape index (κ2) is 8.06. The van der Waals surface area contributed by atoms with Crippen molar-refractivity contribution in [2.45, 2.75) is 19.9 Å². The zero-order valence-corrected chi connectivity index (χ0v) is 13.7. The fourth-order valence-electron chi connectivity index (χ4n) is 1.92. The smallest absolute Gasteiger partial charge is 0.223 e. The monoisotopic (exact) mass is 337 g/mol. The number of nitrogens with one attached hydrogen (secondary N) is 1. The van der Waals surface area contributed by atoms with E-state index in [9.17, 15) is 4.79 Å². The number of hydrogen-bond donors (Lipinski definition) is 1. The molecule has 2 aromatic carbocycles. The molecule has 0 bridgehead atoms. The third kappa shape index (κ3) is 4.93. The number of benzene rings is 2. The van der Waals surface area contributed by atoms with Crippen molar-refractivity contribution in [3.8, 4) is 5.75 Å². The average Bonchev–Trinajstić information content (AvgIpc) is 2.48. The summed E-state index contributed by atoms with van der Waals surface area (Å²) in [6, 6.07) is 12.9. The predicted molar refractivity (Wildman–Crippen MR) is 89.6 cm³/mol. The number of hydrogen-bond acceptors (Lipinski definition) is 2. The minimum absolute atomic E-state index is 0.0837. The topological polar surface area (TPSA) is 38.3 Å². The molecule has 0 aliphatic rings. The van der Waals surface area contributed by atoms with E-state index < -0.39 is 0 Å². The Morgan fingerprint density at radius 1 is 1.18 bits per heavy atom. The highest BCUT2D eigenvalue weighted by Gasteiger charge is 2.06. The van der Waals surface area contributed by atoms with Gasteiger partial charge >= 0.3 is 0 Å². The molecule has 0 aromatic heterocycles. The summed E-state index contributed by atoms with van der Waals surface area (Å²) in [5.41, 5.74) is 1.88. The third-order valence-corrected chi connectivity index (χ3v) is 3.76. The number of halogens is 2. The van der Waals surface area contributed by atoms with Crippen LogP contribution in [0.4, 0.5) is 0 Å². The van der Waals surface area contributed by atoms with Gasteiger partial charge in [-0.05, 0) is 36.2 Å². The van der Waals surface area contributed by atoms with E-state index in [0.717, 1.165) is 16.9 Å². The number of carbonyl (C=O) groups excluding carboxylic acids is 1. The predicted octanol–water partition coefficient (Wildman–Crippen LogP) is 4.39. The van der Waals surface area contributed by atoms with Crippen molar-refractivity contribution < 1.29 is 9.53 Å². The zero-order valence-electron chi connectivity index (χ0n) is 12.2. The van der Waals surface area contributed by atoms with Crippen LogP contribution < -0.4 is 10.1 Å². The summed E-state index contributed by atoms with van der Waals surface area (Å²) in [4.78, 5) is 11.8. The van der Waals surface area contributed by atoms with E-state index in [-0.39, 0.29) is 5.91 Å². The van der Waals surface area contributed by atoms with Crippen molar-refractivity contribution in [2.75, 3.05) is 6.61 Å². The Bertz CT molecular complexity index is 659. The number of amides is 1. The van der Waals surface area contributed by atoms with Gasteiger partial charge in [-0.3, -0.25) is 4.79 Å². The summed E-state index contributed by atoms with van der Waals surface area (Å²) in [7, 11) is 0. The normalized spacial score (nSPS) is 10.3. The van der Waals surface area contributed by atoms with Gasteiger partial charge in [0.2, 0.25) is 5.91 Å². The fraction of sp³-hybridized carbons (Fsp3) is 0.235. The Balaban J connectivity index is 1.75. The minimum atomic E-state index is -0.0837. The molecule has 5 heteroatoms. The highest BCUT2D eigenvalue weighted by Crippen LogP contribution is 2.20. The third-order valence-electron chi connectivity index (χ3n) is 3.17. The van der Waals surface area contributed by atoms with E-state index in [4.69, 9.17) is 27.9 Å². The van der Waals surface area contributed by atoms with Gasteiger partial charge in [-0.1, -0.05) is 47.5 Å². The van der Waals surface area contributed by atoms with Crippen LogP contribution >= 0.6 is 23.2 Å². The van der Waals surface area contributed by atoms with Gasteiger partial charge < -0.3 is 10.1 Å². The highest BCUT2D eigenvalue weighted by molar-refractivity contribution is 6.35. The molecule has 0 spiro atoms. The molecule has 1 N–H and O–H groups in total. The molecule has 0 saturated carbocycles. The Hall–Kier alpha value is -1.71. The van der Waals surface area contributed by atoms with Gasteiger partial charge in [0.15, 0.2) is 0 Å². The lowest BCUT2D eigenvalue weighted by atomic mass is 10.2. The van der Waals surface area contributed by atoms with Crippen LogP contribution in [0.1, 0.15) is 17.5 Å². The van der Waals surface area contributed by atoms with E-state index in [1.54, 1.807) is 18.2 Å². The molecule has 0 saturated heterocycles. The first-order chi connectivity index (χ1) is 10.6. The van der Waals surface area contributed by atoms with Crippen molar-refractivity contribution in [3.05, 3.63) is 63.6 Å². The summed E-state index contributed by atoms with van der Waals surface area (Å²) < 4.78 is 5.59. The summed E-state index contributed by atoms with van der Waals surface area (Å²) in [6.07, 6.45) is 0.291. The number of carbonyl (C=O) groups is 1. The molecule has 0 unspecified atom stereocenters. The fourth-order valence-corrected chi connectivity index (χ4v) is 2.39. The van der Waals surface area contributed by atoms with Crippen LogP contribution in [0.3, 0.4) is 0 Å². The Kier molecular flexibility index (Phi) is 6.10. The summed E-state index contributed by atoms with van der Waals surface area (Å²) in [5.74, 6) is 0.718. The first kappa shape index (κ1) is 16.7. The molecule has 0 aliphatic heterocycles. The maximum atomic E-state index is 11.8. The van der Waals surface area contributed by atoms with Gasteiger partial charge in [-0.15, -0.1) is 0 Å². The summed E-state index contributed by atoms with van der Waals surface area (Å²) in [6.45, 7) is 2.68. The average molecular weight is 338 g/mol. The van der Waals surface area contributed by atoms with Crippen molar-refractivity contribution >= 4 is 29.1 Å². The molecule has 0 fully saturated rings. The van der Waals surface area contributed by atoms with E-state index >= 15 is 0 Å². The first-order valence-electron chi connectivity index (χ1n) is 6.95. The Labute approximate surface area is 140 Å².